The monoisotopic (exact) mass is 2200 g/mol. The molecule has 0 bridgehead atoms. The summed E-state index contributed by atoms with van der Waals surface area (Å²) >= 11 is 0. The van der Waals surface area contributed by atoms with Crippen molar-refractivity contribution in [3.05, 3.63) is 22.5 Å². The Bertz CT molecular complexity index is 3430. The zero-order valence-electron chi connectivity index (χ0n) is 59.8. The lowest BCUT2D eigenvalue weighted by Gasteiger charge is -2.44. The Morgan fingerprint density at radius 1 is 0.128 bits per heavy atom. The largest absolute Gasteiger partial charge is 0.460 e. The van der Waals surface area contributed by atoms with Crippen LogP contribution in [-0.4, -0.2) is 231 Å². The van der Waals surface area contributed by atoms with Gasteiger partial charge in [-0.15, -0.1) is 0 Å². The van der Waals surface area contributed by atoms with Crippen LogP contribution in [0.25, 0.3) is 0 Å². The van der Waals surface area contributed by atoms with Crippen LogP contribution in [0.3, 0.4) is 0 Å². The van der Waals surface area contributed by atoms with Crippen molar-refractivity contribution in [2.75, 3.05) is 0 Å². The van der Waals surface area contributed by atoms with E-state index in [2.05, 4.69) is 0 Å². The van der Waals surface area contributed by atoms with Crippen LogP contribution in [0.5, 0.6) is 0 Å². The summed E-state index contributed by atoms with van der Waals surface area (Å²) in [4.78, 5) is 0. The summed E-state index contributed by atoms with van der Waals surface area (Å²) in [5, 5.41) is -7.68. The third-order valence-electron chi connectivity index (χ3n) is 19.7. The highest BCUT2D eigenvalue weighted by Gasteiger charge is 2.98. The molecule has 794 valence electrons. The SMILES string of the molecule is FC(F)(F)C(F)(F)C(F)(F)C(F)(F)C(F)(F)C(F)(F)CC[Si](CCC(F)(F)C(F)(F)C(F)(F)C(F)(F)C(F)(F)C(F)(F)F)(CCC(F)(F)C(F)(F)C(F)(F)C(F)(F)C(F)(F)C(F)(F)F)C1=CC=C([Si](CCC(F)(F)C(F)(F)C(F)(F)C(F)(F)C(F)(F)C(F)(F)F)(CCC(F)(F)C(F)(F)C(F)(F)C(F)(F)C(F)(F)C(F)(F)F)CCC(F)(F)C(F)(F)C(F)(F)C(F)(F)C(F)(F)C(F)(F)F)C1. The summed E-state index contributed by atoms with van der Waals surface area (Å²) in [6.45, 7) is 0. The molecule has 0 N–H and O–H groups in total. The van der Waals surface area contributed by atoms with Gasteiger partial charge in [0.1, 0.15) is 0 Å². The number of hydrogen-bond acceptors (Lipinski definition) is 0. The second-order valence-corrected chi connectivity index (χ2v) is 37.5. The fraction of sp³-hybridized carbons (Fsp3) is 0.925. The minimum absolute atomic E-state index is 1.97. The molecule has 80 heteroatoms. The summed E-state index contributed by atoms with van der Waals surface area (Å²) in [6, 6.07) is -28.9. The molecule has 0 aromatic heterocycles. The fourth-order valence-electron chi connectivity index (χ4n) is 11.1. The molecule has 0 unspecified atom stereocenters. The van der Waals surface area contributed by atoms with E-state index >= 15 is 105 Å². The highest BCUT2D eigenvalue weighted by molar-refractivity contribution is 6.89. The summed E-state index contributed by atoms with van der Waals surface area (Å²) in [7, 11) is -18.6. The Morgan fingerprint density at radius 3 is 0.293 bits per heavy atom. The lowest BCUT2D eigenvalue weighted by Crippen LogP contribution is -2.70. The maximum atomic E-state index is 16.0. The van der Waals surface area contributed by atoms with Gasteiger partial charge in [0.25, 0.3) is 0 Å². The third-order valence-corrected chi connectivity index (χ3v) is 30.4. The summed E-state index contributed by atoms with van der Waals surface area (Å²) in [5.41, 5.74) is 0. The number of hydrogen-bond donors (Lipinski definition) is 0. The fourth-order valence-corrected chi connectivity index (χ4v) is 21.5. The first-order valence-electron chi connectivity index (χ1n) is 31.6. The predicted octanol–water partition coefficient (Wildman–Crippen LogP) is 31.0. The normalized spacial score (nSPS) is 17.5. The van der Waals surface area contributed by atoms with Gasteiger partial charge in [-0.05, 0) is 42.7 Å². The van der Waals surface area contributed by atoms with Crippen LogP contribution < -0.4 is 0 Å². The number of alkyl halides is 78. The van der Waals surface area contributed by atoms with E-state index in [9.17, 15) is 237 Å². The predicted molar refractivity (Wildman–Crippen MR) is 274 cm³/mol. The van der Waals surface area contributed by atoms with Gasteiger partial charge >= 0.3 is 215 Å². The number of allylic oxidation sites excluding steroid dienone is 4. The molecule has 0 aromatic rings. The Hall–Kier alpha value is -5.55. The first kappa shape index (κ1) is 125. The highest BCUT2D eigenvalue weighted by atomic mass is 28.3. The minimum Gasteiger partial charge on any atom is -0.200 e. The molecule has 0 aliphatic heterocycles. The maximum absolute atomic E-state index is 16.0. The van der Waals surface area contributed by atoms with Gasteiger partial charge < -0.3 is 0 Å². The molecule has 0 heterocycles. The van der Waals surface area contributed by atoms with Gasteiger partial charge in [0.2, 0.25) is 0 Å². The van der Waals surface area contributed by atoms with Crippen LogP contribution in [0, 0.1) is 0 Å². The zero-order chi connectivity index (χ0) is 109. The van der Waals surface area contributed by atoms with E-state index in [1.165, 1.54) is 0 Å². The van der Waals surface area contributed by atoms with Crippen molar-refractivity contribution in [1.82, 2.24) is 0 Å². The van der Waals surface area contributed by atoms with E-state index < -0.39 is 335 Å². The zero-order valence-corrected chi connectivity index (χ0v) is 61.8. The molecule has 0 atom stereocenters. The number of rotatable bonds is 44. The van der Waals surface area contributed by atoms with Gasteiger partial charge in [0, 0.05) is 38.5 Å². The van der Waals surface area contributed by atoms with E-state index in [1.54, 1.807) is 0 Å². The van der Waals surface area contributed by atoms with Crippen molar-refractivity contribution < 1.29 is 342 Å². The second-order valence-electron chi connectivity index (χ2n) is 28.1. The van der Waals surface area contributed by atoms with Crippen LogP contribution in [0.2, 0.25) is 36.3 Å². The number of halogens is 78. The molecule has 1 aliphatic rings. The van der Waals surface area contributed by atoms with Gasteiger partial charge in [-0.3, -0.25) is 0 Å². The van der Waals surface area contributed by atoms with E-state index in [-0.39, 0.29) is 0 Å². The van der Waals surface area contributed by atoms with Crippen molar-refractivity contribution in [2.45, 2.75) is 296 Å². The van der Waals surface area contributed by atoms with Gasteiger partial charge in [0.15, 0.2) is 0 Å². The van der Waals surface area contributed by atoms with Crippen molar-refractivity contribution in [3.8, 4) is 0 Å². The lowest BCUT2D eigenvalue weighted by molar-refractivity contribution is -0.440. The quantitative estimate of drug-likeness (QED) is 0.0421. The average molecular weight is 2200 g/mol. The van der Waals surface area contributed by atoms with Crippen molar-refractivity contribution in [3.63, 3.8) is 0 Å². The van der Waals surface area contributed by atoms with Crippen LogP contribution in [0.4, 0.5) is 342 Å². The Morgan fingerprint density at radius 2 is 0.211 bits per heavy atom. The average Bonchev–Trinajstić information content (AvgIpc) is 1.21. The summed E-state index contributed by atoms with van der Waals surface area (Å²) in [5.74, 6) is -284. The highest BCUT2D eigenvalue weighted by Crippen LogP contribution is 2.71. The Balaban J connectivity index is 6.03. The Labute approximate surface area is 677 Å². The molecule has 0 radical (unpaired) electrons. The molecule has 0 nitrogen and oxygen atoms in total. The molecular weight excluding hydrogens is 2170 g/mol. The lowest BCUT2D eigenvalue weighted by atomic mass is 9.93. The summed E-state index contributed by atoms with van der Waals surface area (Å²) < 4.78 is 1130. The minimum atomic E-state index is -9.83. The van der Waals surface area contributed by atoms with E-state index in [0.717, 1.165) is 0 Å². The van der Waals surface area contributed by atoms with Crippen LogP contribution in [0.15, 0.2) is 22.5 Å². The molecule has 0 amide bonds. The molecule has 0 saturated carbocycles. The molecule has 133 heavy (non-hydrogen) atoms. The molecular formula is C53H28F78Si2. The van der Waals surface area contributed by atoms with Gasteiger partial charge in [0.05, 0.1) is 16.1 Å². The first-order valence-corrected chi connectivity index (χ1v) is 36.8. The molecule has 1 rings (SSSR count). The van der Waals surface area contributed by atoms with E-state index in [4.69, 9.17) is 0 Å². The van der Waals surface area contributed by atoms with Gasteiger partial charge in [-0.25, -0.2) is 0 Å². The van der Waals surface area contributed by atoms with Crippen LogP contribution >= 0.6 is 0 Å². The van der Waals surface area contributed by atoms with Crippen LogP contribution in [0.1, 0.15) is 44.9 Å². The topological polar surface area (TPSA) is 0 Å². The van der Waals surface area contributed by atoms with Gasteiger partial charge in [-0.2, -0.15) is 342 Å². The van der Waals surface area contributed by atoms with Crippen molar-refractivity contribution >= 4 is 16.1 Å². The third kappa shape index (κ3) is 18.3. The molecule has 0 saturated heterocycles. The molecule has 0 fully saturated rings. The standard InChI is InChI=1S/C53H28F78Si2/c54-18(55,24(66,67)30(78,79)36(90,91)42(102,103)48(114,115)116)3-9-132(10-4-19(56,57)25(68,69)31(80,81)37(92,93)43(104,105)49(117,118)119,11-5-20(58,59)26(70,71)32(82,83)38(94,95)44(106,107)50(120,121)122)16-1-2-17(15-16)133(12-6-21(60,61)27(72,73)33(84,85)39(96,97)45(108,109)51(123,124)125,13-7-22(62,63)28(74,75)34(86,87)40(98,99)46(110,111)52(126,127)128)14-8-23(64,65)29(76,77)35(88,89)41(100,101)47(112,113)53(129,130)131/h1-2H,3-15H2. The maximum Gasteiger partial charge on any atom is 0.460 e. The van der Waals surface area contributed by atoms with Crippen LogP contribution in [-0.2, 0) is 0 Å². The Kier molecular flexibility index (Phi) is 31.7. The molecule has 0 spiro atoms. The molecule has 0 aromatic carbocycles. The van der Waals surface area contributed by atoms with E-state index in [1.807, 2.05) is 0 Å². The van der Waals surface area contributed by atoms with Crippen molar-refractivity contribution in [2.24, 2.45) is 0 Å². The smallest absolute Gasteiger partial charge is 0.200 e. The first-order chi connectivity index (χ1) is 56.5. The van der Waals surface area contributed by atoms with E-state index in [0.29, 0.717) is 0 Å². The second kappa shape index (κ2) is 33.6. The van der Waals surface area contributed by atoms with Gasteiger partial charge in [-0.1, -0.05) is 22.5 Å². The van der Waals surface area contributed by atoms with Crippen molar-refractivity contribution in [1.29, 1.82) is 0 Å². The summed E-state index contributed by atoms with van der Waals surface area (Å²) in [6.07, 6.45) is -93.5. The molecule has 1 aliphatic carbocycles.